The number of carbonyl (C=O) groups is 1. The van der Waals surface area contributed by atoms with Crippen LogP contribution in [0.4, 0.5) is 0 Å². The van der Waals surface area contributed by atoms with Crippen LogP contribution in [0.2, 0.25) is 0 Å². The number of methoxy groups -OCH3 is 2. The lowest BCUT2D eigenvalue weighted by molar-refractivity contribution is -0.136. The van der Waals surface area contributed by atoms with E-state index in [0.717, 1.165) is 0 Å². The highest BCUT2D eigenvalue weighted by Crippen LogP contribution is 2.47. The van der Waals surface area contributed by atoms with Gasteiger partial charge in [-0.05, 0) is 23.8 Å². The number of phenols is 1. The Morgan fingerprint density at radius 3 is 2.32 bits per heavy atom. The molecule has 0 radical (unpaired) electrons. The summed E-state index contributed by atoms with van der Waals surface area (Å²) >= 11 is 0. The van der Waals surface area contributed by atoms with Crippen LogP contribution in [-0.4, -0.2) is 43.8 Å². The fraction of sp³-hybridized carbons (Fsp3) is 0.250. The Kier molecular flexibility index (Phi) is 4.38. The molecule has 2 N–H and O–H groups in total. The van der Waals surface area contributed by atoms with Crippen molar-refractivity contribution in [2.75, 3.05) is 27.6 Å². The van der Waals surface area contributed by atoms with Crippen LogP contribution in [0.5, 0.6) is 28.7 Å². The SMILES string of the molecule is COc1ccc(C(C2=C(O)COC2=O)c2cc3c(cc2O)OCO3)cc1OC. The van der Waals surface area contributed by atoms with E-state index < -0.39 is 11.9 Å². The van der Waals surface area contributed by atoms with Gasteiger partial charge in [0.2, 0.25) is 6.79 Å². The number of hydrogen-bond donors (Lipinski definition) is 2. The quantitative estimate of drug-likeness (QED) is 0.756. The number of aliphatic hydroxyl groups is 1. The van der Waals surface area contributed by atoms with Crippen molar-refractivity contribution in [2.45, 2.75) is 5.92 Å². The largest absolute Gasteiger partial charge is 0.508 e. The molecule has 0 amide bonds. The molecule has 0 spiro atoms. The number of aliphatic hydroxyl groups excluding tert-OH is 1. The molecule has 2 aromatic rings. The van der Waals surface area contributed by atoms with Crippen LogP contribution in [0.25, 0.3) is 0 Å². The monoisotopic (exact) mass is 386 g/mol. The van der Waals surface area contributed by atoms with Gasteiger partial charge in [0.15, 0.2) is 23.0 Å². The molecule has 2 aromatic carbocycles. The van der Waals surface area contributed by atoms with Crippen molar-refractivity contribution in [2.24, 2.45) is 0 Å². The number of rotatable bonds is 5. The summed E-state index contributed by atoms with van der Waals surface area (Å²) in [5.41, 5.74) is 0.991. The number of fused-ring (bicyclic) bond motifs is 1. The zero-order valence-corrected chi connectivity index (χ0v) is 15.2. The molecule has 2 heterocycles. The maximum atomic E-state index is 12.4. The molecule has 0 aliphatic carbocycles. The molecule has 2 aliphatic rings. The normalized spacial score (nSPS) is 16.1. The number of esters is 1. The van der Waals surface area contributed by atoms with Crippen molar-refractivity contribution in [3.8, 4) is 28.7 Å². The van der Waals surface area contributed by atoms with E-state index in [1.165, 1.54) is 20.3 Å². The average Bonchev–Trinajstić information content (AvgIpc) is 3.28. The number of ether oxygens (including phenoxy) is 5. The highest BCUT2D eigenvalue weighted by Gasteiger charge is 2.36. The van der Waals surface area contributed by atoms with E-state index in [0.29, 0.717) is 34.1 Å². The van der Waals surface area contributed by atoms with Crippen LogP contribution >= 0.6 is 0 Å². The zero-order valence-electron chi connectivity index (χ0n) is 15.2. The van der Waals surface area contributed by atoms with Gasteiger partial charge >= 0.3 is 5.97 Å². The molecule has 0 saturated carbocycles. The molecule has 0 bridgehead atoms. The van der Waals surface area contributed by atoms with Gasteiger partial charge in [0.05, 0.1) is 19.8 Å². The van der Waals surface area contributed by atoms with E-state index in [1.807, 2.05) is 0 Å². The van der Waals surface area contributed by atoms with E-state index in [2.05, 4.69) is 0 Å². The molecule has 1 atom stereocenters. The summed E-state index contributed by atoms with van der Waals surface area (Å²) < 4.78 is 26.3. The summed E-state index contributed by atoms with van der Waals surface area (Å²) in [6, 6.07) is 8.10. The Bertz CT molecular complexity index is 978. The minimum Gasteiger partial charge on any atom is -0.508 e. The molecule has 0 fully saturated rings. The molecule has 8 nitrogen and oxygen atoms in total. The first kappa shape index (κ1) is 17.8. The predicted molar refractivity (Wildman–Crippen MR) is 96.2 cm³/mol. The summed E-state index contributed by atoms with van der Waals surface area (Å²) in [6.45, 7) is -0.182. The number of cyclic esters (lactones) is 1. The number of hydrogen-bond acceptors (Lipinski definition) is 8. The molecule has 4 rings (SSSR count). The van der Waals surface area contributed by atoms with Crippen LogP contribution in [0.15, 0.2) is 41.7 Å². The van der Waals surface area contributed by atoms with Crippen molar-refractivity contribution < 1.29 is 38.7 Å². The second-order valence-electron chi connectivity index (χ2n) is 6.25. The Morgan fingerprint density at radius 2 is 1.68 bits per heavy atom. The standard InChI is InChI=1S/C20H18O8/c1-24-14-4-3-10(5-15(14)25-2)18(19-13(22)8-26-20(19)23)11-6-16-17(7-12(11)21)28-9-27-16/h3-7,18,21-22H,8-9H2,1-2H3. The van der Waals surface area contributed by atoms with E-state index in [-0.39, 0.29) is 30.5 Å². The third kappa shape index (κ3) is 2.83. The molecular formula is C20H18O8. The second kappa shape index (κ2) is 6.88. The number of phenolic OH excluding ortho intramolecular Hbond substituents is 1. The van der Waals surface area contributed by atoms with Gasteiger partial charge in [0.1, 0.15) is 18.1 Å². The Labute approximate surface area is 160 Å². The second-order valence-corrected chi connectivity index (χ2v) is 6.25. The molecule has 1 unspecified atom stereocenters. The summed E-state index contributed by atoms with van der Waals surface area (Å²) in [5.74, 6) is 0.0117. The van der Waals surface area contributed by atoms with Crippen LogP contribution < -0.4 is 18.9 Å². The van der Waals surface area contributed by atoms with Crippen molar-refractivity contribution in [1.82, 2.24) is 0 Å². The minimum absolute atomic E-state index is 0.0369. The molecule has 146 valence electrons. The van der Waals surface area contributed by atoms with Crippen molar-refractivity contribution in [1.29, 1.82) is 0 Å². The van der Waals surface area contributed by atoms with Crippen molar-refractivity contribution in [3.63, 3.8) is 0 Å². The fourth-order valence-corrected chi connectivity index (χ4v) is 3.40. The first-order valence-corrected chi connectivity index (χ1v) is 8.47. The zero-order chi connectivity index (χ0) is 19.8. The van der Waals surface area contributed by atoms with E-state index in [9.17, 15) is 15.0 Å². The third-order valence-electron chi connectivity index (χ3n) is 4.73. The van der Waals surface area contributed by atoms with Gasteiger partial charge in [0.25, 0.3) is 0 Å². The van der Waals surface area contributed by atoms with Gasteiger partial charge in [-0.1, -0.05) is 6.07 Å². The highest BCUT2D eigenvalue weighted by molar-refractivity contribution is 5.94. The van der Waals surface area contributed by atoms with E-state index in [4.69, 9.17) is 23.7 Å². The summed E-state index contributed by atoms with van der Waals surface area (Å²) in [6.07, 6.45) is 0. The summed E-state index contributed by atoms with van der Waals surface area (Å²) in [5, 5.41) is 20.9. The van der Waals surface area contributed by atoms with Crippen LogP contribution in [-0.2, 0) is 9.53 Å². The summed E-state index contributed by atoms with van der Waals surface area (Å²) in [4.78, 5) is 12.4. The van der Waals surface area contributed by atoms with E-state index >= 15 is 0 Å². The van der Waals surface area contributed by atoms with Crippen LogP contribution in [0.1, 0.15) is 17.0 Å². The first-order valence-electron chi connectivity index (χ1n) is 8.47. The van der Waals surface area contributed by atoms with Gasteiger partial charge in [-0.25, -0.2) is 4.79 Å². The van der Waals surface area contributed by atoms with Gasteiger partial charge in [-0.2, -0.15) is 0 Å². The lowest BCUT2D eigenvalue weighted by Gasteiger charge is -2.21. The molecule has 8 heteroatoms. The average molecular weight is 386 g/mol. The van der Waals surface area contributed by atoms with Gasteiger partial charge in [0, 0.05) is 17.5 Å². The third-order valence-corrected chi connectivity index (χ3v) is 4.73. The Morgan fingerprint density at radius 1 is 0.964 bits per heavy atom. The summed E-state index contributed by atoms with van der Waals surface area (Å²) in [7, 11) is 3.01. The predicted octanol–water partition coefficient (Wildman–Crippen LogP) is 2.64. The van der Waals surface area contributed by atoms with Gasteiger partial charge in [-0.3, -0.25) is 0 Å². The van der Waals surface area contributed by atoms with Crippen molar-refractivity contribution >= 4 is 5.97 Å². The lowest BCUT2D eigenvalue weighted by Crippen LogP contribution is -2.12. The highest BCUT2D eigenvalue weighted by atomic mass is 16.7. The molecule has 0 aromatic heterocycles. The van der Waals surface area contributed by atoms with Crippen LogP contribution in [0.3, 0.4) is 0 Å². The Hall–Kier alpha value is -3.55. The molecule has 28 heavy (non-hydrogen) atoms. The fourth-order valence-electron chi connectivity index (χ4n) is 3.40. The van der Waals surface area contributed by atoms with Crippen LogP contribution in [0, 0.1) is 0 Å². The van der Waals surface area contributed by atoms with Crippen molar-refractivity contribution in [3.05, 3.63) is 52.8 Å². The van der Waals surface area contributed by atoms with E-state index in [1.54, 1.807) is 24.3 Å². The number of carbonyl (C=O) groups excluding carboxylic acids is 1. The first-order chi connectivity index (χ1) is 13.5. The molecule has 2 aliphatic heterocycles. The number of aromatic hydroxyl groups is 1. The minimum atomic E-state index is -0.815. The lowest BCUT2D eigenvalue weighted by atomic mass is 9.83. The topological polar surface area (TPSA) is 104 Å². The maximum absolute atomic E-state index is 12.4. The smallest absolute Gasteiger partial charge is 0.338 e. The number of benzene rings is 2. The van der Waals surface area contributed by atoms with Gasteiger partial charge < -0.3 is 33.9 Å². The van der Waals surface area contributed by atoms with Gasteiger partial charge in [-0.15, -0.1) is 0 Å². The maximum Gasteiger partial charge on any atom is 0.338 e. The Balaban J connectivity index is 1.92. The molecule has 0 saturated heterocycles. The molecular weight excluding hydrogens is 368 g/mol.